The van der Waals surface area contributed by atoms with E-state index in [1.165, 1.54) is 14.2 Å². The highest BCUT2D eigenvalue weighted by Gasteiger charge is 2.24. The highest BCUT2D eigenvalue weighted by molar-refractivity contribution is 6.00. The molecule has 2 N–H and O–H groups in total. The number of benzene rings is 1. The van der Waals surface area contributed by atoms with E-state index in [1.54, 1.807) is 25.2 Å². The van der Waals surface area contributed by atoms with Gasteiger partial charge < -0.3 is 20.1 Å². The van der Waals surface area contributed by atoms with Crippen molar-refractivity contribution in [2.45, 2.75) is 26.3 Å². The van der Waals surface area contributed by atoms with Gasteiger partial charge in [0.2, 0.25) is 5.91 Å². The number of likely N-dealkylation sites (N-methyl/N-ethyl adjacent to an activating group) is 1. The van der Waals surface area contributed by atoms with E-state index in [9.17, 15) is 9.59 Å². The summed E-state index contributed by atoms with van der Waals surface area (Å²) >= 11 is 0. The number of nitrogens with one attached hydrogen (secondary N) is 2. The fourth-order valence-corrected chi connectivity index (χ4v) is 2.18. The predicted molar refractivity (Wildman–Crippen MR) is 84.3 cm³/mol. The Morgan fingerprint density at radius 3 is 2.36 bits per heavy atom. The lowest BCUT2D eigenvalue weighted by atomic mass is 10.0. The molecule has 0 spiro atoms. The minimum absolute atomic E-state index is 0.219. The van der Waals surface area contributed by atoms with Gasteiger partial charge in [0.25, 0.3) is 5.91 Å². The first-order chi connectivity index (χ1) is 10.4. The molecule has 0 aliphatic rings. The molecule has 0 saturated carbocycles. The molecule has 1 rings (SSSR count). The van der Waals surface area contributed by atoms with E-state index in [0.717, 1.165) is 0 Å². The molecule has 122 valence electrons. The summed E-state index contributed by atoms with van der Waals surface area (Å²) in [5.41, 5.74) is 0.333. The van der Waals surface area contributed by atoms with Crippen molar-refractivity contribution in [2.24, 2.45) is 5.92 Å². The number of rotatable bonds is 7. The smallest absolute Gasteiger partial charge is 0.255 e. The molecule has 2 amide bonds. The van der Waals surface area contributed by atoms with E-state index >= 15 is 0 Å². The molecule has 0 aliphatic heterocycles. The molecule has 22 heavy (non-hydrogen) atoms. The van der Waals surface area contributed by atoms with Gasteiger partial charge in [-0.15, -0.1) is 0 Å². The lowest BCUT2D eigenvalue weighted by molar-refractivity contribution is -0.122. The number of amides is 2. The molecule has 0 fully saturated rings. The van der Waals surface area contributed by atoms with Crippen molar-refractivity contribution in [1.29, 1.82) is 0 Å². The fraction of sp³-hybridized carbons (Fsp3) is 0.500. The molecule has 0 aliphatic carbocycles. The molecule has 0 heterocycles. The molecule has 1 unspecified atom stereocenters. The Hall–Kier alpha value is -2.24. The summed E-state index contributed by atoms with van der Waals surface area (Å²) in [7, 11) is 4.53. The predicted octanol–water partition coefficient (Wildman–Crippen LogP) is 1.59. The maximum atomic E-state index is 12.5. The van der Waals surface area contributed by atoms with Gasteiger partial charge >= 0.3 is 0 Å². The average Bonchev–Trinajstić information content (AvgIpc) is 2.51. The Morgan fingerprint density at radius 2 is 1.86 bits per heavy atom. The summed E-state index contributed by atoms with van der Waals surface area (Å²) in [6.45, 7) is 3.99. The first kappa shape index (κ1) is 17.8. The Bertz CT molecular complexity index is 529. The summed E-state index contributed by atoms with van der Waals surface area (Å²) in [5, 5.41) is 5.32. The lowest BCUT2D eigenvalue weighted by Gasteiger charge is -2.20. The number of ether oxygens (including phenoxy) is 2. The van der Waals surface area contributed by atoms with E-state index in [0.29, 0.717) is 23.5 Å². The summed E-state index contributed by atoms with van der Waals surface area (Å²) in [6.07, 6.45) is 0.553. The normalized spacial score (nSPS) is 11.7. The highest BCUT2D eigenvalue weighted by atomic mass is 16.5. The first-order valence-corrected chi connectivity index (χ1v) is 7.18. The summed E-state index contributed by atoms with van der Waals surface area (Å²) < 4.78 is 10.4. The van der Waals surface area contributed by atoms with Crippen LogP contribution in [0.2, 0.25) is 0 Å². The van der Waals surface area contributed by atoms with Crippen LogP contribution in [-0.4, -0.2) is 39.1 Å². The van der Waals surface area contributed by atoms with Crippen molar-refractivity contribution in [2.75, 3.05) is 21.3 Å². The van der Waals surface area contributed by atoms with Gasteiger partial charge in [0, 0.05) is 7.05 Å². The van der Waals surface area contributed by atoms with Crippen LogP contribution in [0.1, 0.15) is 30.6 Å². The van der Waals surface area contributed by atoms with Crippen molar-refractivity contribution in [3.63, 3.8) is 0 Å². The highest BCUT2D eigenvalue weighted by Crippen LogP contribution is 2.30. The molecule has 1 aromatic carbocycles. The molecular formula is C16H24N2O4. The summed E-state index contributed by atoms with van der Waals surface area (Å²) in [5.74, 6) is 0.502. The molecule has 0 saturated heterocycles. The first-order valence-electron chi connectivity index (χ1n) is 7.18. The van der Waals surface area contributed by atoms with E-state index in [4.69, 9.17) is 9.47 Å². The maximum absolute atomic E-state index is 12.5. The van der Waals surface area contributed by atoms with Crippen LogP contribution in [0.4, 0.5) is 0 Å². The van der Waals surface area contributed by atoms with E-state index < -0.39 is 6.04 Å². The van der Waals surface area contributed by atoms with Crippen LogP contribution in [0.25, 0.3) is 0 Å². The Morgan fingerprint density at radius 1 is 1.18 bits per heavy atom. The lowest BCUT2D eigenvalue weighted by Crippen LogP contribution is -2.46. The standard InChI is InChI=1S/C16H24N2O4/c1-10(2)9-12(16(20)17-3)18-15(19)11-7-6-8-13(21-4)14(11)22-5/h6-8,10,12H,9H2,1-5H3,(H,17,20)(H,18,19). The molecule has 0 aromatic heterocycles. The Labute approximate surface area is 131 Å². The second-order valence-corrected chi connectivity index (χ2v) is 5.31. The number of hydrogen-bond donors (Lipinski definition) is 2. The van der Waals surface area contributed by atoms with Crippen molar-refractivity contribution >= 4 is 11.8 Å². The fourth-order valence-electron chi connectivity index (χ4n) is 2.18. The molecule has 6 heteroatoms. The van der Waals surface area contributed by atoms with Crippen molar-refractivity contribution in [3.05, 3.63) is 23.8 Å². The Balaban J connectivity index is 3.02. The van der Waals surface area contributed by atoms with Crippen LogP contribution in [-0.2, 0) is 4.79 Å². The monoisotopic (exact) mass is 308 g/mol. The van der Waals surface area contributed by atoms with Crippen molar-refractivity contribution < 1.29 is 19.1 Å². The third-order valence-corrected chi connectivity index (χ3v) is 3.22. The number of para-hydroxylation sites is 1. The SMILES string of the molecule is CNC(=O)C(CC(C)C)NC(=O)c1cccc(OC)c1OC. The van der Waals surface area contributed by atoms with Crippen LogP contribution in [0, 0.1) is 5.92 Å². The van der Waals surface area contributed by atoms with E-state index in [1.807, 2.05) is 13.8 Å². The quantitative estimate of drug-likeness (QED) is 0.802. The molecule has 1 atom stereocenters. The van der Waals surface area contributed by atoms with Crippen molar-refractivity contribution in [3.8, 4) is 11.5 Å². The van der Waals surface area contributed by atoms with Gasteiger partial charge in [-0.2, -0.15) is 0 Å². The topological polar surface area (TPSA) is 76.7 Å². The number of carbonyl (C=O) groups is 2. The number of carbonyl (C=O) groups excluding carboxylic acids is 2. The van der Waals surface area contributed by atoms with Crippen LogP contribution in [0.5, 0.6) is 11.5 Å². The van der Waals surface area contributed by atoms with Gasteiger partial charge in [-0.05, 0) is 24.5 Å². The minimum atomic E-state index is -0.589. The Kier molecular flexibility index (Phi) is 6.69. The second-order valence-electron chi connectivity index (χ2n) is 5.31. The van der Waals surface area contributed by atoms with Gasteiger partial charge in [-0.25, -0.2) is 0 Å². The third-order valence-electron chi connectivity index (χ3n) is 3.22. The zero-order valence-corrected chi connectivity index (χ0v) is 13.7. The summed E-state index contributed by atoms with van der Waals surface area (Å²) in [6, 6.07) is 4.45. The van der Waals surface area contributed by atoms with Crippen LogP contribution < -0.4 is 20.1 Å². The summed E-state index contributed by atoms with van der Waals surface area (Å²) in [4.78, 5) is 24.4. The number of methoxy groups -OCH3 is 2. The zero-order valence-electron chi connectivity index (χ0n) is 13.7. The molecule has 0 bridgehead atoms. The maximum Gasteiger partial charge on any atom is 0.255 e. The molecular weight excluding hydrogens is 284 g/mol. The van der Waals surface area contributed by atoms with Gasteiger partial charge in [0.1, 0.15) is 6.04 Å². The molecule has 0 radical (unpaired) electrons. The minimum Gasteiger partial charge on any atom is -0.493 e. The molecule has 6 nitrogen and oxygen atoms in total. The van der Waals surface area contributed by atoms with Crippen LogP contribution in [0.15, 0.2) is 18.2 Å². The molecule has 1 aromatic rings. The second kappa shape index (κ2) is 8.26. The third kappa shape index (κ3) is 4.38. The largest absolute Gasteiger partial charge is 0.493 e. The van der Waals surface area contributed by atoms with E-state index in [-0.39, 0.29) is 17.7 Å². The average molecular weight is 308 g/mol. The van der Waals surface area contributed by atoms with E-state index in [2.05, 4.69) is 10.6 Å². The van der Waals surface area contributed by atoms with Gasteiger partial charge in [0.15, 0.2) is 11.5 Å². The number of hydrogen-bond acceptors (Lipinski definition) is 4. The van der Waals surface area contributed by atoms with Crippen LogP contribution in [0.3, 0.4) is 0 Å². The van der Waals surface area contributed by atoms with Gasteiger partial charge in [0.05, 0.1) is 19.8 Å². The van der Waals surface area contributed by atoms with Crippen molar-refractivity contribution in [1.82, 2.24) is 10.6 Å². The van der Waals surface area contributed by atoms with Crippen LogP contribution >= 0.6 is 0 Å². The zero-order chi connectivity index (χ0) is 16.7. The van der Waals surface area contributed by atoms with Gasteiger partial charge in [-0.3, -0.25) is 9.59 Å². The van der Waals surface area contributed by atoms with Gasteiger partial charge in [-0.1, -0.05) is 19.9 Å².